The van der Waals surface area contributed by atoms with E-state index < -0.39 is 23.5 Å². The van der Waals surface area contributed by atoms with Gasteiger partial charge in [0.25, 0.3) is 0 Å². The second kappa shape index (κ2) is 4.46. The van der Waals surface area contributed by atoms with Crippen LogP contribution in [0, 0.1) is 6.57 Å². The van der Waals surface area contributed by atoms with Crippen LogP contribution in [-0.4, -0.2) is 18.7 Å². The first-order valence-electron chi connectivity index (χ1n) is 5.39. The largest absolute Gasteiger partial charge is 0.447 e. The molecule has 0 saturated carbocycles. The Bertz CT molecular complexity index is 563. The maximum atomic E-state index is 12.8. The van der Waals surface area contributed by atoms with Gasteiger partial charge in [-0.15, -0.1) is 0 Å². The molecule has 1 aliphatic heterocycles. The fraction of sp³-hybridized carbons (Fsp3) is 0.333. The monoisotopic (exact) mass is 270 g/mol. The van der Waals surface area contributed by atoms with E-state index in [1.165, 1.54) is 6.07 Å². The molecule has 0 aromatic heterocycles. The summed E-state index contributed by atoms with van der Waals surface area (Å²) in [6, 6.07) is 2.83. The number of hydrogen-bond donors (Lipinski definition) is 0. The normalized spacial score (nSPS) is 19.2. The highest BCUT2D eigenvalue weighted by molar-refractivity contribution is 5.90. The van der Waals surface area contributed by atoms with Gasteiger partial charge in [0.1, 0.15) is 6.61 Å². The summed E-state index contributed by atoms with van der Waals surface area (Å²) >= 11 is 0. The molecule has 100 valence electrons. The number of carbonyl (C=O) groups excluding carboxylic acids is 1. The van der Waals surface area contributed by atoms with E-state index in [0.717, 1.165) is 17.0 Å². The van der Waals surface area contributed by atoms with Crippen LogP contribution >= 0.6 is 0 Å². The number of alkyl halides is 3. The van der Waals surface area contributed by atoms with Gasteiger partial charge < -0.3 is 4.74 Å². The molecule has 2 rings (SSSR count). The second-order valence-corrected chi connectivity index (χ2v) is 4.11. The van der Waals surface area contributed by atoms with Crippen LogP contribution in [-0.2, 0) is 10.9 Å². The number of carbonyl (C=O) groups is 1. The predicted octanol–water partition coefficient (Wildman–Crippen LogP) is 3.60. The maximum Gasteiger partial charge on any atom is 0.414 e. The van der Waals surface area contributed by atoms with E-state index in [1.807, 2.05) is 0 Å². The summed E-state index contributed by atoms with van der Waals surface area (Å²) < 4.78 is 43.2. The number of benzene rings is 1. The van der Waals surface area contributed by atoms with E-state index in [2.05, 4.69) is 4.85 Å². The topological polar surface area (TPSA) is 33.9 Å². The zero-order valence-corrected chi connectivity index (χ0v) is 9.86. The highest BCUT2D eigenvalue weighted by Crippen LogP contribution is 2.39. The third kappa shape index (κ3) is 2.34. The van der Waals surface area contributed by atoms with Crippen molar-refractivity contribution in [3.63, 3.8) is 0 Å². The van der Waals surface area contributed by atoms with Crippen molar-refractivity contribution in [3.05, 3.63) is 35.2 Å². The number of cyclic esters (lactones) is 1. The zero-order valence-electron chi connectivity index (χ0n) is 9.86. The van der Waals surface area contributed by atoms with Gasteiger partial charge in [-0.1, -0.05) is 6.07 Å². The Balaban J connectivity index is 2.50. The summed E-state index contributed by atoms with van der Waals surface area (Å²) in [5.74, 6) is 0. The van der Waals surface area contributed by atoms with Crippen LogP contribution < -0.4 is 4.90 Å². The summed E-state index contributed by atoms with van der Waals surface area (Å²) in [7, 11) is 0. The van der Waals surface area contributed by atoms with Crippen LogP contribution in [0.15, 0.2) is 18.2 Å². The fourth-order valence-corrected chi connectivity index (χ4v) is 1.87. The lowest BCUT2D eigenvalue weighted by molar-refractivity contribution is -0.136. The zero-order chi connectivity index (χ0) is 14.2. The van der Waals surface area contributed by atoms with E-state index in [0.29, 0.717) is 0 Å². The van der Waals surface area contributed by atoms with Gasteiger partial charge in [-0.3, -0.25) is 4.90 Å². The molecular weight excluding hydrogens is 261 g/mol. The quantitative estimate of drug-likeness (QED) is 0.730. The van der Waals surface area contributed by atoms with Crippen LogP contribution in [0.1, 0.15) is 12.5 Å². The lowest BCUT2D eigenvalue weighted by Gasteiger charge is -2.20. The van der Waals surface area contributed by atoms with Crippen molar-refractivity contribution in [2.45, 2.75) is 19.1 Å². The Morgan fingerprint density at radius 3 is 2.63 bits per heavy atom. The lowest BCUT2D eigenvalue weighted by atomic mass is 10.1. The third-order valence-electron chi connectivity index (χ3n) is 2.77. The molecule has 0 spiro atoms. The summed E-state index contributed by atoms with van der Waals surface area (Å²) in [4.78, 5) is 15.4. The molecule has 4 nitrogen and oxygen atoms in total. The number of anilines is 1. The van der Waals surface area contributed by atoms with Gasteiger partial charge in [-0.25, -0.2) is 9.64 Å². The molecule has 1 fully saturated rings. The average molecular weight is 270 g/mol. The van der Waals surface area contributed by atoms with E-state index in [1.54, 1.807) is 6.92 Å². The van der Waals surface area contributed by atoms with Crippen LogP contribution in [0.5, 0.6) is 0 Å². The van der Waals surface area contributed by atoms with E-state index >= 15 is 0 Å². The van der Waals surface area contributed by atoms with Gasteiger partial charge in [0, 0.05) is 5.69 Å². The van der Waals surface area contributed by atoms with Gasteiger partial charge in [0.05, 0.1) is 18.2 Å². The predicted molar refractivity (Wildman–Crippen MR) is 61.0 cm³/mol. The summed E-state index contributed by atoms with van der Waals surface area (Å²) in [6.07, 6.45) is -5.32. The molecular formula is C12H9F3N2O2. The molecule has 0 N–H and O–H groups in total. The van der Waals surface area contributed by atoms with Crippen molar-refractivity contribution in [3.8, 4) is 0 Å². The van der Waals surface area contributed by atoms with Crippen molar-refractivity contribution in [1.82, 2.24) is 0 Å². The number of nitrogens with zero attached hydrogens (tertiary/aromatic N) is 2. The molecule has 0 aliphatic carbocycles. The van der Waals surface area contributed by atoms with Crippen molar-refractivity contribution < 1.29 is 22.7 Å². The van der Waals surface area contributed by atoms with Crippen LogP contribution in [0.2, 0.25) is 0 Å². The molecule has 0 radical (unpaired) electrons. The lowest BCUT2D eigenvalue weighted by Crippen LogP contribution is -2.31. The Morgan fingerprint density at radius 2 is 2.16 bits per heavy atom. The van der Waals surface area contributed by atoms with Crippen molar-refractivity contribution in [1.29, 1.82) is 0 Å². The SMILES string of the molecule is [C-]#[N+]c1ccc(N2C(=O)OC[C@@H]2C)cc1C(F)(F)F. The molecule has 1 heterocycles. The van der Waals surface area contributed by atoms with Crippen molar-refractivity contribution in [2.24, 2.45) is 0 Å². The first-order valence-corrected chi connectivity index (χ1v) is 5.39. The molecule has 1 aliphatic rings. The van der Waals surface area contributed by atoms with Gasteiger partial charge in [-0.05, 0) is 19.1 Å². The molecule has 1 saturated heterocycles. The minimum absolute atomic E-state index is 0.0784. The van der Waals surface area contributed by atoms with Crippen molar-refractivity contribution >= 4 is 17.5 Å². The maximum absolute atomic E-state index is 12.8. The van der Waals surface area contributed by atoms with Crippen molar-refractivity contribution in [2.75, 3.05) is 11.5 Å². The third-order valence-corrected chi connectivity index (χ3v) is 2.77. The van der Waals surface area contributed by atoms with E-state index in [9.17, 15) is 18.0 Å². The number of hydrogen-bond acceptors (Lipinski definition) is 2. The Hall–Kier alpha value is -2.23. The molecule has 0 unspecified atom stereocenters. The number of halogens is 3. The average Bonchev–Trinajstić information content (AvgIpc) is 2.67. The van der Waals surface area contributed by atoms with Gasteiger partial charge >= 0.3 is 12.3 Å². The smallest absolute Gasteiger partial charge is 0.414 e. The molecule has 1 aromatic carbocycles. The first-order chi connectivity index (χ1) is 8.84. The Morgan fingerprint density at radius 1 is 1.47 bits per heavy atom. The van der Waals surface area contributed by atoms with E-state index in [4.69, 9.17) is 11.3 Å². The number of amides is 1. The Labute approximate surface area is 107 Å². The summed E-state index contributed by atoms with van der Waals surface area (Å²) in [5, 5.41) is 0. The number of rotatable bonds is 1. The second-order valence-electron chi connectivity index (χ2n) is 4.11. The minimum atomic E-state index is -4.64. The highest BCUT2D eigenvalue weighted by Gasteiger charge is 2.36. The number of ether oxygens (including phenoxy) is 1. The van der Waals surface area contributed by atoms with Gasteiger partial charge in [-0.2, -0.15) is 13.2 Å². The first kappa shape index (κ1) is 13.2. The molecule has 1 atom stereocenters. The summed E-state index contributed by atoms with van der Waals surface area (Å²) in [6.45, 7) is 8.54. The molecule has 7 heteroatoms. The van der Waals surface area contributed by atoms with Crippen LogP contribution in [0.4, 0.5) is 29.3 Å². The van der Waals surface area contributed by atoms with Gasteiger partial charge in [0.2, 0.25) is 0 Å². The highest BCUT2D eigenvalue weighted by atomic mass is 19.4. The summed E-state index contributed by atoms with van der Waals surface area (Å²) in [5.41, 5.74) is -1.46. The standard InChI is InChI=1S/C12H9F3N2O2/c1-7-6-19-11(18)17(7)8-3-4-10(16-2)9(5-8)12(13,14)15/h3-5,7H,6H2,1H3/t7-/m0/s1. The Kier molecular flexibility index (Phi) is 3.10. The van der Waals surface area contributed by atoms with Crippen LogP contribution in [0.3, 0.4) is 0 Å². The molecule has 1 amide bonds. The van der Waals surface area contributed by atoms with Gasteiger partial charge in [0.15, 0.2) is 5.69 Å². The fourth-order valence-electron chi connectivity index (χ4n) is 1.87. The minimum Gasteiger partial charge on any atom is -0.447 e. The molecule has 19 heavy (non-hydrogen) atoms. The van der Waals surface area contributed by atoms with Crippen LogP contribution in [0.25, 0.3) is 4.85 Å². The molecule has 1 aromatic rings. The van der Waals surface area contributed by atoms with E-state index in [-0.39, 0.29) is 18.3 Å². The molecule has 0 bridgehead atoms.